The Morgan fingerprint density at radius 1 is 1.03 bits per heavy atom. The molecule has 0 aliphatic carbocycles. The van der Waals surface area contributed by atoms with Gasteiger partial charge in [0.25, 0.3) is 10.0 Å². The molecule has 1 heterocycles. The number of amides is 1. The van der Waals surface area contributed by atoms with Gasteiger partial charge in [0, 0.05) is 6.54 Å². The lowest BCUT2D eigenvalue weighted by atomic mass is 10.0. The molecule has 1 fully saturated rings. The molecular weight excluding hydrogens is 460 g/mol. The predicted octanol–water partition coefficient (Wildman–Crippen LogP) is 4.91. The van der Waals surface area contributed by atoms with Gasteiger partial charge in [-0.1, -0.05) is 66.2 Å². The summed E-state index contributed by atoms with van der Waals surface area (Å²) >= 11 is 6.39. The predicted molar refractivity (Wildman–Crippen MR) is 129 cm³/mol. The van der Waals surface area contributed by atoms with Crippen LogP contribution in [0.4, 0.5) is 5.69 Å². The molecule has 1 atom stereocenters. The molecule has 1 saturated heterocycles. The molecule has 1 unspecified atom stereocenters. The van der Waals surface area contributed by atoms with Crippen LogP contribution in [0.5, 0.6) is 5.75 Å². The van der Waals surface area contributed by atoms with Crippen molar-refractivity contribution >= 4 is 33.2 Å². The molecule has 1 amide bonds. The minimum atomic E-state index is -4.15. The molecule has 3 aromatic rings. The Labute approximate surface area is 199 Å². The summed E-state index contributed by atoms with van der Waals surface area (Å²) in [5, 5.41) is 0.241. The number of para-hydroxylation sites is 2. The molecule has 1 aliphatic rings. The molecule has 172 valence electrons. The number of nitrogens with zero attached hydrogens (tertiary/aromatic N) is 2. The van der Waals surface area contributed by atoms with Crippen LogP contribution in [0.15, 0.2) is 83.8 Å². The molecule has 0 bridgehead atoms. The maximum atomic E-state index is 13.8. The lowest BCUT2D eigenvalue weighted by Crippen LogP contribution is -2.43. The van der Waals surface area contributed by atoms with Crippen LogP contribution < -0.4 is 9.04 Å². The van der Waals surface area contributed by atoms with Gasteiger partial charge in [0.1, 0.15) is 17.2 Å². The summed E-state index contributed by atoms with van der Waals surface area (Å²) in [5.74, 6) is -0.0786. The maximum Gasteiger partial charge on any atom is 0.268 e. The van der Waals surface area contributed by atoms with E-state index in [9.17, 15) is 13.2 Å². The van der Waals surface area contributed by atoms with E-state index >= 15 is 0 Å². The first-order valence-electron chi connectivity index (χ1n) is 10.7. The molecule has 4 rings (SSSR count). The van der Waals surface area contributed by atoms with Gasteiger partial charge in [-0.15, -0.1) is 0 Å². The van der Waals surface area contributed by atoms with Gasteiger partial charge < -0.3 is 9.64 Å². The van der Waals surface area contributed by atoms with Gasteiger partial charge in [0.2, 0.25) is 5.91 Å². The van der Waals surface area contributed by atoms with Gasteiger partial charge in [-0.25, -0.2) is 8.42 Å². The first-order chi connectivity index (χ1) is 15.9. The van der Waals surface area contributed by atoms with Crippen molar-refractivity contribution < 1.29 is 17.9 Å². The Morgan fingerprint density at radius 2 is 1.70 bits per heavy atom. The van der Waals surface area contributed by atoms with Gasteiger partial charge in [0.15, 0.2) is 0 Å². The zero-order valence-corrected chi connectivity index (χ0v) is 19.8. The van der Waals surface area contributed by atoms with Crippen molar-refractivity contribution in [1.29, 1.82) is 0 Å². The van der Waals surface area contributed by atoms with Crippen LogP contribution in [0, 0.1) is 0 Å². The van der Waals surface area contributed by atoms with E-state index < -0.39 is 10.0 Å². The van der Waals surface area contributed by atoms with Crippen molar-refractivity contribution in [3.8, 4) is 5.75 Å². The highest BCUT2D eigenvalue weighted by Gasteiger charge is 2.35. The molecule has 33 heavy (non-hydrogen) atoms. The third-order valence-corrected chi connectivity index (χ3v) is 7.91. The summed E-state index contributed by atoms with van der Waals surface area (Å²) in [6.45, 7) is 0.205. The van der Waals surface area contributed by atoms with Crippen molar-refractivity contribution in [3.05, 3.63) is 89.4 Å². The second kappa shape index (κ2) is 9.85. The van der Waals surface area contributed by atoms with Gasteiger partial charge >= 0.3 is 0 Å². The molecule has 0 aromatic heterocycles. The summed E-state index contributed by atoms with van der Waals surface area (Å²) in [6, 6.07) is 22.7. The molecule has 1 aliphatic heterocycles. The highest BCUT2D eigenvalue weighted by molar-refractivity contribution is 7.93. The first-order valence-corrected chi connectivity index (χ1v) is 12.5. The van der Waals surface area contributed by atoms with Crippen LogP contribution in [0.3, 0.4) is 0 Å². The van der Waals surface area contributed by atoms with E-state index in [0.29, 0.717) is 6.54 Å². The summed E-state index contributed by atoms with van der Waals surface area (Å²) < 4.78 is 33.9. The van der Waals surface area contributed by atoms with E-state index in [-0.39, 0.29) is 39.8 Å². The Hall–Kier alpha value is -3.03. The monoisotopic (exact) mass is 484 g/mol. The largest absolute Gasteiger partial charge is 0.495 e. The van der Waals surface area contributed by atoms with Gasteiger partial charge in [-0.3, -0.25) is 9.10 Å². The summed E-state index contributed by atoms with van der Waals surface area (Å²) in [4.78, 5) is 15.2. The van der Waals surface area contributed by atoms with Crippen LogP contribution in [-0.2, 0) is 14.8 Å². The fraction of sp³-hybridized carbons (Fsp3) is 0.240. The number of carbonyl (C=O) groups excluding carboxylic acids is 1. The second-order valence-corrected chi connectivity index (χ2v) is 10.0. The topological polar surface area (TPSA) is 66.9 Å². The average molecular weight is 485 g/mol. The molecular formula is C25H25ClN2O4S. The number of likely N-dealkylation sites (tertiary alicyclic amines) is 1. The van der Waals surface area contributed by atoms with E-state index in [0.717, 1.165) is 22.7 Å². The van der Waals surface area contributed by atoms with Crippen molar-refractivity contribution in [2.45, 2.75) is 23.8 Å². The van der Waals surface area contributed by atoms with Gasteiger partial charge in [-0.2, -0.15) is 0 Å². The number of benzene rings is 3. The Balaban J connectivity index is 1.72. The van der Waals surface area contributed by atoms with E-state index in [2.05, 4.69) is 0 Å². The first kappa shape index (κ1) is 23.1. The van der Waals surface area contributed by atoms with Gasteiger partial charge in [0.05, 0.1) is 23.9 Å². The van der Waals surface area contributed by atoms with E-state index in [1.54, 1.807) is 47.4 Å². The minimum absolute atomic E-state index is 0.0266. The maximum absolute atomic E-state index is 13.8. The number of ether oxygens (including phenoxy) is 1. The SMILES string of the molecule is COc1ccccc1S(=O)(=O)N(CC(=O)N1CCCC1c1ccccc1)c1ccccc1Cl. The Morgan fingerprint density at radius 3 is 2.42 bits per heavy atom. The van der Waals surface area contributed by atoms with E-state index in [4.69, 9.17) is 16.3 Å². The van der Waals surface area contributed by atoms with Crippen LogP contribution in [0.25, 0.3) is 0 Å². The highest BCUT2D eigenvalue weighted by atomic mass is 35.5. The van der Waals surface area contributed by atoms with Crippen LogP contribution in [0.2, 0.25) is 5.02 Å². The zero-order valence-electron chi connectivity index (χ0n) is 18.2. The summed E-state index contributed by atoms with van der Waals surface area (Å²) in [7, 11) is -2.74. The van der Waals surface area contributed by atoms with E-state index in [1.807, 2.05) is 30.3 Å². The van der Waals surface area contributed by atoms with Gasteiger partial charge in [-0.05, 0) is 42.7 Å². The van der Waals surface area contributed by atoms with Crippen LogP contribution in [0.1, 0.15) is 24.4 Å². The number of anilines is 1. The normalized spacial score (nSPS) is 15.9. The van der Waals surface area contributed by atoms with Crippen molar-refractivity contribution in [3.63, 3.8) is 0 Å². The lowest BCUT2D eigenvalue weighted by molar-refractivity contribution is -0.130. The number of sulfonamides is 1. The Bertz CT molecular complexity index is 1230. The standard InChI is InChI=1S/C25H25ClN2O4S/c1-32-23-15-7-8-16-24(23)33(30,31)28(22-13-6-5-12-20(22)26)18-25(29)27-17-9-14-21(27)19-10-3-2-4-11-19/h2-8,10-13,15-16,21H,9,14,17-18H2,1H3. The molecule has 3 aromatic carbocycles. The lowest BCUT2D eigenvalue weighted by Gasteiger charge is -2.30. The number of halogens is 1. The highest BCUT2D eigenvalue weighted by Crippen LogP contribution is 2.36. The molecule has 8 heteroatoms. The average Bonchev–Trinajstić information content (AvgIpc) is 3.33. The zero-order chi connectivity index (χ0) is 23.4. The second-order valence-electron chi connectivity index (χ2n) is 7.77. The van der Waals surface area contributed by atoms with Crippen molar-refractivity contribution in [2.24, 2.45) is 0 Å². The smallest absolute Gasteiger partial charge is 0.268 e. The summed E-state index contributed by atoms with van der Waals surface area (Å²) in [5.41, 5.74) is 1.29. The summed E-state index contributed by atoms with van der Waals surface area (Å²) in [6.07, 6.45) is 1.69. The molecule has 6 nitrogen and oxygen atoms in total. The van der Waals surface area contributed by atoms with E-state index in [1.165, 1.54) is 13.2 Å². The van der Waals surface area contributed by atoms with Crippen molar-refractivity contribution in [2.75, 3.05) is 24.5 Å². The fourth-order valence-electron chi connectivity index (χ4n) is 4.20. The third-order valence-electron chi connectivity index (χ3n) is 5.79. The minimum Gasteiger partial charge on any atom is -0.495 e. The molecule has 0 radical (unpaired) electrons. The number of rotatable bonds is 7. The molecule has 0 saturated carbocycles. The molecule has 0 spiro atoms. The molecule has 0 N–H and O–H groups in total. The number of hydrogen-bond donors (Lipinski definition) is 0. The quantitative estimate of drug-likeness (QED) is 0.478. The number of methoxy groups -OCH3 is 1. The number of hydrogen-bond acceptors (Lipinski definition) is 4. The third kappa shape index (κ3) is 4.70. The van der Waals surface area contributed by atoms with Crippen LogP contribution >= 0.6 is 11.6 Å². The van der Waals surface area contributed by atoms with Crippen molar-refractivity contribution in [1.82, 2.24) is 4.90 Å². The van der Waals surface area contributed by atoms with Crippen LogP contribution in [-0.4, -0.2) is 39.4 Å². The Kier molecular flexibility index (Phi) is 6.91. The fourth-order valence-corrected chi connectivity index (χ4v) is 6.08. The number of carbonyl (C=O) groups is 1.